The highest BCUT2D eigenvalue weighted by Crippen LogP contribution is 2.55. The monoisotopic (exact) mass is 549 g/mol. The van der Waals surface area contributed by atoms with Crippen molar-refractivity contribution >= 4 is 32.8 Å². The summed E-state index contributed by atoms with van der Waals surface area (Å²) in [5, 5.41) is -6.65. The van der Waals surface area contributed by atoms with Gasteiger partial charge in [0.25, 0.3) is 0 Å². The summed E-state index contributed by atoms with van der Waals surface area (Å²) in [7, 11) is -5.36. The zero-order chi connectivity index (χ0) is 26.2. The van der Waals surface area contributed by atoms with Gasteiger partial charge in [0.15, 0.2) is 0 Å². The van der Waals surface area contributed by atoms with Gasteiger partial charge in [-0.25, -0.2) is 0 Å². The van der Waals surface area contributed by atoms with Crippen molar-refractivity contribution < 1.29 is 52.1 Å². The highest BCUT2D eigenvalue weighted by Gasteiger charge is 2.86. The van der Waals surface area contributed by atoms with E-state index in [1.807, 2.05) is 18.2 Å². The van der Waals surface area contributed by atoms with E-state index < -0.39 is 39.1 Å². The zero-order valence-corrected chi connectivity index (χ0v) is 18.8. The summed E-state index contributed by atoms with van der Waals surface area (Å²) in [6.07, 6.45) is -7.16. The third-order valence-electron chi connectivity index (χ3n) is 5.43. The van der Waals surface area contributed by atoms with E-state index in [-0.39, 0.29) is 5.39 Å². The Morgan fingerprint density at radius 3 is 2.17 bits per heavy atom. The van der Waals surface area contributed by atoms with Gasteiger partial charge in [-0.1, -0.05) is 18.2 Å². The molecule has 0 fully saturated rings. The minimum absolute atomic E-state index is 0.285. The molecule has 0 radical (unpaired) electrons. The van der Waals surface area contributed by atoms with E-state index in [1.54, 1.807) is 17.7 Å². The molecule has 1 aliphatic rings. The smallest absolute Gasteiger partial charge is 0.378 e. The third kappa shape index (κ3) is 3.57. The van der Waals surface area contributed by atoms with Crippen LogP contribution < -0.4 is 4.18 Å². The van der Waals surface area contributed by atoms with Gasteiger partial charge in [0.1, 0.15) is 5.75 Å². The SMILES string of the molecule is Cn1c2c(c3cc(OS(=O)(=O)C(F)(F)C(F)(F)C(F)(F)C(F)(F)F)ccc31)CSc1ccccc1-2. The Morgan fingerprint density at radius 2 is 1.54 bits per heavy atom. The summed E-state index contributed by atoms with van der Waals surface area (Å²) in [6.45, 7) is 0. The number of aryl methyl sites for hydroxylation is 1. The molecular weight excluding hydrogens is 537 g/mol. The number of aromatic nitrogens is 1. The molecule has 190 valence electrons. The summed E-state index contributed by atoms with van der Waals surface area (Å²) >= 11 is 1.41. The summed E-state index contributed by atoms with van der Waals surface area (Å²) in [5.74, 6) is -15.4. The second kappa shape index (κ2) is 7.72. The molecule has 4 rings (SSSR count). The molecule has 0 amide bonds. The van der Waals surface area contributed by atoms with Crippen LogP contribution in [0.5, 0.6) is 5.75 Å². The van der Waals surface area contributed by atoms with Crippen molar-refractivity contribution in [3.63, 3.8) is 0 Å². The molecule has 0 N–H and O–H groups in total. The van der Waals surface area contributed by atoms with Gasteiger partial charge in [0.05, 0.1) is 5.69 Å². The Bertz CT molecular complexity index is 1430. The number of halogens is 9. The largest absolute Gasteiger partial charge is 0.460 e. The van der Waals surface area contributed by atoms with E-state index in [2.05, 4.69) is 4.18 Å². The molecule has 0 aliphatic carbocycles. The van der Waals surface area contributed by atoms with Crippen molar-refractivity contribution in [1.82, 2.24) is 4.57 Å². The van der Waals surface area contributed by atoms with E-state index in [0.717, 1.165) is 22.6 Å². The van der Waals surface area contributed by atoms with Crippen LogP contribution >= 0.6 is 11.8 Å². The van der Waals surface area contributed by atoms with Crippen molar-refractivity contribution in [1.29, 1.82) is 0 Å². The number of fused-ring (bicyclic) bond motifs is 5. The first-order valence-electron chi connectivity index (χ1n) is 9.42. The van der Waals surface area contributed by atoms with Gasteiger partial charge in [0.2, 0.25) is 0 Å². The van der Waals surface area contributed by atoms with Crippen LogP contribution in [0.2, 0.25) is 0 Å². The lowest BCUT2D eigenvalue weighted by Crippen LogP contribution is -2.63. The number of benzene rings is 2. The first-order chi connectivity index (χ1) is 15.9. The number of hydrogen-bond donors (Lipinski definition) is 0. The van der Waals surface area contributed by atoms with Crippen molar-refractivity contribution in [3.05, 3.63) is 48.0 Å². The molecule has 3 aromatic rings. The van der Waals surface area contributed by atoms with Crippen molar-refractivity contribution in [3.8, 4) is 17.0 Å². The number of nitrogens with zero attached hydrogens (tertiary/aromatic N) is 1. The number of hydrogen-bond acceptors (Lipinski definition) is 4. The average molecular weight is 549 g/mol. The molecule has 0 saturated heterocycles. The molecule has 15 heteroatoms. The Kier molecular flexibility index (Phi) is 5.64. The zero-order valence-electron chi connectivity index (χ0n) is 17.1. The van der Waals surface area contributed by atoms with E-state index >= 15 is 0 Å². The summed E-state index contributed by atoms with van der Waals surface area (Å²) in [5.41, 5.74) is 2.61. The van der Waals surface area contributed by atoms with E-state index in [4.69, 9.17) is 0 Å². The molecule has 1 aliphatic heterocycles. The predicted octanol–water partition coefficient (Wildman–Crippen LogP) is 6.59. The van der Waals surface area contributed by atoms with Gasteiger partial charge < -0.3 is 8.75 Å². The van der Waals surface area contributed by atoms with Crippen LogP contribution in [0.15, 0.2) is 47.4 Å². The van der Waals surface area contributed by atoms with Crippen LogP contribution in [0.1, 0.15) is 5.56 Å². The third-order valence-corrected chi connectivity index (χ3v) is 7.82. The maximum absolute atomic E-state index is 14.0. The lowest BCUT2D eigenvalue weighted by atomic mass is 10.1. The molecule has 0 saturated carbocycles. The normalized spacial score (nSPS) is 15.1. The van der Waals surface area contributed by atoms with Gasteiger partial charge in [-0.15, -0.1) is 11.8 Å². The number of rotatable bonds is 5. The average Bonchev–Trinajstić information content (AvgIpc) is 3.04. The molecule has 0 atom stereocenters. The molecule has 0 unspecified atom stereocenters. The van der Waals surface area contributed by atoms with E-state index in [9.17, 15) is 47.9 Å². The topological polar surface area (TPSA) is 48.3 Å². The fraction of sp³-hybridized carbons (Fsp3) is 0.300. The summed E-state index contributed by atoms with van der Waals surface area (Å²) in [4.78, 5) is 0.928. The molecule has 1 aromatic heterocycles. The van der Waals surface area contributed by atoms with Gasteiger partial charge >= 0.3 is 33.4 Å². The van der Waals surface area contributed by atoms with Crippen molar-refractivity contribution in [2.45, 2.75) is 33.9 Å². The standard InChI is InChI=1S/C20H12F9NO3S2/c1-30-14-7-6-10(8-12(14)13-9-34-15-5-3-2-4-11(15)16(13)30)33-35(31,32)20(28,29)18(23,24)17(21,22)19(25,26)27/h2-8H,9H2,1H3. The fourth-order valence-electron chi connectivity index (χ4n) is 3.68. The number of thioether (sulfide) groups is 1. The van der Waals surface area contributed by atoms with E-state index in [0.29, 0.717) is 22.5 Å². The van der Waals surface area contributed by atoms with Crippen LogP contribution in [0.25, 0.3) is 22.2 Å². The fourth-order valence-corrected chi connectivity index (χ4v) is 5.67. The molecule has 0 bridgehead atoms. The van der Waals surface area contributed by atoms with Gasteiger partial charge in [-0.3, -0.25) is 0 Å². The predicted molar refractivity (Wildman–Crippen MR) is 108 cm³/mol. The summed E-state index contributed by atoms with van der Waals surface area (Å²) < 4.78 is 148. The lowest BCUT2D eigenvalue weighted by molar-refractivity contribution is -0.382. The van der Waals surface area contributed by atoms with Gasteiger partial charge in [-0.2, -0.15) is 47.9 Å². The minimum atomic E-state index is -7.37. The maximum atomic E-state index is 14.0. The van der Waals surface area contributed by atoms with E-state index in [1.165, 1.54) is 17.8 Å². The molecule has 2 aromatic carbocycles. The van der Waals surface area contributed by atoms with Crippen LogP contribution in [-0.4, -0.2) is 36.3 Å². The van der Waals surface area contributed by atoms with Crippen LogP contribution in [0, 0.1) is 0 Å². The Morgan fingerprint density at radius 1 is 0.914 bits per heavy atom. The first kappa shape index (κ1) is 25.5. The molecule has 35 heavy (non-hydrogen) atoms. The van der Waals surface area contributed by atoms with Crippen LogP contribution in [0.3, 0.4) is 0 Å². The van der Waals surface area contributed by atoms with Crippen LogP contribution in [-0.2, 0) is 22.9 Å². The minimum Gasteiger partial charge on any atom is -0.378 e. The van der Waals surface area contributed by atoms with Crippen LogP contribution in [0.4, 0.5) is 39.5 Å². The van der Waals surface area contributed by atoms with Crippen molar-refractivity contribution in [2.24, 2.45) is 7.05 Å². The Balaban J connectivity index is 1.76. The van der Waals surface area contributed by atoms with Gasteiger partial charge in [-0.05, 0) is 29.8 Å². The lowest BCUT2D eigenvalue weighted by Gasteiger charge is -2.32. The molecule has 0 spiro atoms. The second-order valence-corrected chi connectivity index (χ2v) is 10.2. The first-order valence-corrected chi connectivity index (χ1v) is 11.8. The van der Waals surface area contributed by atoms with Crippen molar-refractivity contribution in [2.75, 3.05) is 0 Å². The molecular formula is C20H12F9NO3S2. The highest BCUT2D eigenvalue weighted by atomic mass is 32.2. The molecule has 4 nitrogen and oxygen atoms in total. The van der Waals surface area contributed by atoms with Gasteiger partial charge in [0, 0.05) is 34.2 Å². The summed E-state index contributed by atoms with van der Waals surface area (Å²) in [6, 6.07) is 10.2. The second-order valence-electron chi connectivity index (χ2n) is 7.55. The highest BCUT2D eigenvalue weighted by molar-refractivity contribution is 7.98. The maximum Gasteiger partial charge on any atom is 0.460 e. The number of alkyl halides is 9. The Hall–Kier alpha value is -2.55. The quantitative estimate of drug-likeness (QED) is 0.266. The molecule has 2 heterocycles. The Labute approximate surface area is 195 Å².